The maximum Gasteiger partial charge on any atom is 0.267 e. The van der Waals surface area contributed by atoms with Gasteiger partial charge in [0.2, 0.25) is 0 Å². The molecule has 2 fully saturated rings. The second-order valence-electron chi connectivity index (χ2n) is 9.16. The minimum Gasteiger partial charge on any atom is -0.299 e. The largest absolute Gasteiger partial charge is 0.299 e. The van der Waals surface area contributed by atoms with Crippen molar-refractivity contribution < 1.29 is 0 Å². The van der Waals surface area contributed by atoms with Gasteiger partial charge in [-0.25, -0.2) is 9.67 Å². The van der Waals surface area contributed by atoms with Crippen LogP contribution in [0.3, 0.4) is 0 Å². The lowest BCUT2D eigenvalue weighted by atomic mass is 9.97. The van der Waals surface area contributed by atoms with E-state index >= 15 is 0 Å². The fourth-order valence-electron chi connectivity index (χ4n) is 5.15. The van der Waals surface area contributed by atoms with Crippen LogP contribution in [0.25, 0.3) is 0 Å². The Balaban J connectivity index is 1.09. The van der Waals surface area contributed by atoms with Gasteiger partial charge in [0.1, 0.15) is 0 Å². The summed E-state index contributed by atoms with van der Waals surface area (Å²) < 4.78 is 1.69. The molecule has 0 unspecified atom stereocenters. The molecule has 0 radical (unpaired) electrons. The lowest BCUT2D eigenvalue weighted by molar-refractivity contribution is 0.121. The van der Waals surface area contributed by atoms with Crippen LogP contribution in [0, 0.1) is 0 Å². The van der Waals surface area contributed by atoms with Crippen LogP contribution in [0.4, 0.5) is 0 Å². The summed E-state index contributed by atoms with van der Waals surface area (Å²) in [4.78, 5) is 22.3. The van der Waals surface area contributed by atoms with Gasteiger partial charge in [-0.2, -0.15) is 5.10 Å². The van der Waals surface area contributed by atoms with Crippen molar-refractivity contribution in [1.29, 1.82) is 0 Å². The predicted octanol–water partition coefficient (Wildman–Crippen LogP) is 3.05. The molecule has 162 valence electrons. The van der Waals surface area contributed by atoms with Crippen LogP contribution in [-0.2, 0) is 25.9 Å². The minimum atomic E-state index is 0.0656. The second kappa shape index (κ2) is 9.28. The van der Waals surface area contributed by atoms with Gasteiger partial charge in [-0.05, 0) is 44.1 Å². The molecular formula is C23H33N5OS. The number of thiazole rings is 1. The summed E-state index contributed by atoms with van der Waals surface area (Å²) in [5.74, 6) is 0.723. The summed E-state index contributed by atoms with van der Waals surface area (Å²) in [5, 5.41) is 8.30. The third-order valence-corrected chi connectivity index (χ3v) is 8.08. The first kappa shape index (κ1) is 20.3. The van der Waals surface area contributed by atoms with Gasteiger partial charge in [0.05, 0.1) is 22.9 Å². The number of aromatic nitrogens is 3. The van der Waals surface area contributed by atoms with E-state index in [2.05, 4.69) is 20.3 Å². The van der Waals surface area contributed by atoms with Gasteiger partial charge in [0.15, 0.2) is 0 Å². The van der Waals surface area contributed by atoms with Crippen molar-refractivity contribution in [2.24, 2.45) is 0 Å². The number of fused-ring (bicyclic) bond motifs is 1. The average molecular weight is 428 g/mol. The second-order valence-corrected chi connectivity index (χ2v) is 10.1. The molecule has 2 aliphatic carbocycles. The quantitative estimate of drug-likeness (QED) is 0.709. The number of rotatable bonds is 6. The summed E-state index contributed by atoms with van der Waals surface area (Å²) in [5.41, 5.74) is 3.64. The van der Waals surface area contributed by atoms with E-state index in [9.17, 15) is 4.79 Å². The van der Waals surface area contributed by atoms with E-state index in [1.807, 2.05) is 17.4 Å². The molecule has 7 heteroatoms. The van der Waals surface area contributed by atoms with Gasteiger partial charge in [0, 0.05) is 56.6 Å². The van der Waals surface area contributed by atoms with Crippen LogP contribution >= 0.6 is 11.3 Å². The Bertz CT molecular complexity index is 909. The number of piperazine rings is 1. The zero-order valence-corrected chi connectivity index (χ0v) is 18.7. The van der Waals surface area contributed by atoms with Crippen molar-refractivity contribution in [3.63, 3.8) is 0 Å². The molecule has 3 aliphatic rings. The first-order chi connectivity index (χ1) is 14.7. The summed E-state index contributed by atoms with van der Waals surface area (Å²) >= 11 is 1.87. The molecule has 3 heterocycles. The van der Waals surface area contributed by atoms with Crippen molar-refractivity contribution in [3.05, 3.63) is 43.8 Å². The zero-order valence-electron chi connectivity index (χ0n) is 17.9. The van der Waals surface area contributed by atoms with Gasteiger partial charge in [-0.15, -0.1) is 11.3 Å². The molecule has 0 spiro atoms. The monoisotopic (exact) mass is 427 g/mol. The topological polar surface area (TPSA) is 54.3 Å². The Labute approximate surface area is 182 Å². The van der Waals surface area contributed by atoms with E-state index in [0.717, 1.165) is 63.7 Å². The van der Waals surface area contributed by atoms with Crippen molar-refractivity contribution in [2.75, 3.05) is 32.7 Å². The minimum absolute atomic E-state index is 0.0656. The molecule has 30 heavy (non-hydrogen) atoms. The molecular weight excluding hydrogens is 394 g/mol. The molecule has 0 bridgehead atoms. The molecule has 2 aromatic rings. The molecule has 2 aromatic heterocycles. The van der Waals surface area contributed by atoms with Crippen molar-refractivity contribution in [2.45, 2.75) is 70.4 Å². The van der Waals surface area contributed by atoms with Gasteiger partial charge in [-0.1, -0.05) is 12.8 Å². The van der Waals surface area contributed by atoms with E-state index in [-0.39, 0.29) is 5.56 Å². The SMILES string of the molecule is O=c1cc2c(nn1CCN1CCN(Cc3csc(C4CCCC4)n3)CC1)CCCC2. The Kier molecular flexibility index (Phi) is 6.29. The third-order valence-electron chi connectivity index (χ3n) is 7.03. The van der Waals surface area contributed by atoms with Gasteiger partial charge in [0.25, 0.3) is 5.56 Å². The standard InChI is InChI=1S/C23H33N5OS/c29-22-15-19-7-3-4-8-21(19)25-28(22)14-13-26-9-11-27(12-10-26)16-20-17-30-23(24-20)18-5-1-2-6-18/h15,17-18H,1-14,16H2. The smallest absolute Gasteiger partial charge is 0.267 e. The Morgan fingerprint density at radius 2 is 1.73 bits per heavy atom. The first-order valence-electron chi connectivity index (χ1n) is 11.7. The van der Waals surface area contributed by atoms with Crippen LogP contribution in [0.2, 0.25) is 0 Å². The van der Waals surface area contributed by atoms with Crippen LogP contribution in [0.15, 0.2) is 16.2 Å². The highest BCUT2D eigenvalue weighted by Crippen LogP contribution is 2.35. The van der Waals surface area contributed by atoms with Crippen molar-refractivity contribution >= 4 is 11.3 Å². The van der Waals surface area contributed by atoms with Crippen molar-refractivity contribution in [1.82, 2.24) is 24.6 Å². The zero-order chi connectivity index (χ0) is 20.3. The summed E-state index contributed by atoms with van der Waals surface area (Å²) in [6.07, 6.45) is 9.81. The Morgan fingerprint density at radius 1 is 0.967 bits per heavy atom. The fourth-order valence-corrected chi connectivity index (χ4v) is 6.14. The fraction of sp³-hybridized carbons (Fsp3) is 0.696. The molecule has 0 amide bonds. The van der Waals surface area contributed by atoms with Crippen LogP contribution in [0.1, 0.15) is 66.4 Å². The van der Waals surface area contributed by atoms with Crippen LogP contribution in [0.5, 0.6) is 0 Å². The van der Waals surface area contributed by atoms with E-state index in [4.69, 9.17) is 4.98 Å². The summed E-state index contributed by atoms with van der Waals surface area (Å²) in [6.45, 7) is 6.83. The number of aryl methyl sites for hydroxylation is 2. The van der Waals surface area contributed by atoms with Crippen LogP contribution < -0.4 is 5.56 Å². The van der Waals surface area contributed by atoms with Gasteiger partial charge in [-0.3, -0.25) is 14.6 Å². The van der Waals surface area contributed by atoms with E-state index in [1.165, 1.54) is 54.8 Å². The lowest BCUT2D eigenvalue weighted by Crippen LogP contribution is -2.47. The number of hydrogen-bond donors (Lipinski definition) is 0. The average Bonchev–Trinajstić information content (AvgIpc) is 3.45. The maximum absolute atomic E-state index is 12.4. The van der Waals surface area contributed by atoms with E-state index in [1.54, 1.807) is 4.68 Å². The molecule has 1 aliphatic heterocycles. The highest BCUT2D eigenvalue weighted by atomic mass is 32.1. The summed E-state index contributed by atoms with van der Waals surface area (Å²) in [7, 11) is 0. The first-order valence-corrected chi connectivity index (χ1v) is 12.6. The molecule has 1 saturated carbocycles. The molecule has 0 N–H and O–H groups in total. The normalized spacial score (nSPS) is 21.2. The number of nitrogens with zero attached hydrogens (tertiary/aromatic N) is 5. The summed E-state index contributed by atoms with van der Waals surface area (Å²) in [6, 6.07) is 1.83. The Hall–Kier alpha value is -1.57. The molecule has 1 saturated heterocycles. The highest BCUT2D eigenvalue weighted by Gasteiger charge is 2.22. The third kappa shape index (κ3) is 4.68. The predicted molar refractivity (Wildman–Crippen MR) is 120 cm³/mol. The van der Waals surface area contributed by atoms with Crippen molar-refractivity contribution in [3.8, 4) is 0 Å². The number of hydrogen-bond acceptors (Lipinski definition) is 6. The van der Waals surface area contributed by atoms with E-state index in [0.29, 0.717) is 6.54 Å². The lowest BCUT2D eigenvalue weighted by Gasteiger charge is -2.34. The molecule has 0 aromatic carbocycles. The van der Waals surface area contributed by atoms with Gasteiger partial charge >= 0.3 is 0 Å². The van der Waals surface area contributed by atoms with E-state index < -0.39 is 0 Å². The maximum atomic E-state index is 12.4. The highest BCUT2D eigenvalue weighted by molar-refractivity contribution is 7.09. The molecule has 0 atom stereocenters. The molecule has 6 nitrogen and oxygen atoms in total. The van der Waals surface area contributed by atoms with Gasteiger partial charge < -0.3 is 0 Å². The van der Waals surface area contributed by atoms with Crippen LogP contribution in [-0.4, -0.2) is 57.3 Å². The molecule has 5 rings (SSSR count). The Morgan fingerprint density at radius 3 is 2.57 bits per heavy atom.